The van der Waals surface area contributed by atoms with E-state index in [-0.39, 0.29) is 18.6 Å². The summed E-state index contributed by atoms with van der Waals surface area (Å²) >= 11 is 0. The molecule has 0 aromatic heterocycles. The van der Waals surface area contributed by atoms with Crippen LogP contribution >= 0.6 is 0 Å². The average Bonchev–Trinajstić information content (AvgIpc) is 2.03. The van der Waals surface area contributed by atoms with Crippen LogP contribution in [0.5, 0.6) is 0 Å². The fourth-order valence-corrected chi connectivity index (χ4v) is 1.57. The van der Waals surface area contributed by atoms with E-state index in [2.05, 4.69) is 4.74 Å². The summed E-state index contributed by atoms with van der Waals surface area (Å²) in [5.41, 5.74) is 4.81. The Bertz CT molecular complexity index is 160. The standard InChI is InChI=1S/C8H15NO3/c9-8(11)12-5-6-3-1-2-4-7(6)10/h6-7,10H,1-5H2,(H2,9,11). The van der Waals surface area contributed by atoms with Gasteiger partial charge in [0.2, 0.25) is 0 Å². The molecule has 1 fully saturated rings. The fourth-order valence-electron chi connectivity index (χ4n) is 1.57. The van der Waals surface area contributed by atoms with E-state index in [4.69, 9.17) is 5.73 Å². The van der Waals surface area contributed by atoms with E-state index in [0.717, 1.165) is 25.7 Å². The summed E-state index contributed by atoms with van der Waals surface area (Å²) in [6.45, 7) is 0.260. The van der Waals surface area contributed by atoms with Crippen molar-refractivity contribution in [3.05, 3.63) is 0 Å². The third kappa shape index (κ3) is 2.70. The Kier molecular flexibility index (Phi) is 3.34. The van der Waals surface area contributed by atoms with Crippen molar-refractivity contribution in [2.24, 2.45) is 11.7 Å². The van der Waals surface area contributed by atoms with Crippen LogP contribution in [-0.2, 0) is 4.74 Å². The van der Waals surface area contributed by atoms with Gasteiger partial charge in [-0.1, -0.05) is 12.8 Å². The van der Waals surface area contributed by atoms with E-state index < -0.39 is 6.09 Å². The van der Waals surface area contributed by atoms with Crippen LogP contribution in [0.25, 0.3) is 0 Å². The third-order valence-corrected chi connectivity index (χ3v) is 2.31. The maximum Gasteiger partial charge on any atom is 0.404 e. The van der Waals surface area contributed by atoms with Crippen LogP contribution in [0.2, 0.25) is 0 Å². The van der Waals surface area contributed by atoms with Gasteiger partial charge in [-0.2, -0.15) is 0 Å². The first kappa shape index (κ1) is 9.32. The predicted octanol–water partition coefficient (Wildman–Crippen LogP) is 0.633. The molecule has 1 rings (SSSR count). The molecule has 0 aromatic carbocycles. The van der Waals surface area contributed by atoms with E-state index >= 15 is 0 Å². The van der Waals surface area contributed by atoms with Crippen molar-refractivity contribution in [1.29, 1.82) is 0 Å². The normalized spacial score (nSPS) is 29.8. The molecule has 12 heavy (non-hydrogen) atoms. The molecule has 4 nitrogen and oxygen atoms in total. The maximum atomic E-state index is 10.3. The second kappa shape index (κ2) is 4.30. The molecule has 4 heteroatoms. The summed E-state index contributed by atoms with van der Waals surface area (Å²) < 4.78 is 4.63. The SMILES string of the molecule is NC(=O)OCC1CCCCC1O. The predicted molar refractivity (Wildman–Crippen MR) is 43.5 cm³/mol. The summed E-state index contributed by atoms with van der Waals surface area (Å²) in [4.78, 5) is 10.3. The highest BCUT2D eigenvalue weighted by Gasteiger charge is 2.23. The summed E-state index contributed by atoms with van der Waals surface area (Å²) in [7, 11) is 0. The number of carbonyl (C=O) groups is 1. The Balaban J connectivity index is 2.24. The Morgan fingerprint density at radius 1 is 1.50 bits per heavy atom. The van der Waals surface area contributed by atoms with E-state index in [1.165, 1.54) is 0 Å². The van der Waals surface area contributed by atoms with Crippen LogP contribution in [-0.4, -0.2) is 23.9 Å². The number of carbonyl (C=O) groups excluding carboxylic acids is 1. The Morgan fingerprint density at radius 2 is 2.17 bits per heavy atom. The maximum absolute atomic E-state index is 10.3. The molecule has 0 spiro atoms. The van der Waals surface area contributed by atoms with Crippen molar-refractivity contribution >= 4 is 6.09 Å². The van der Waals surface area contributed by atoms with Crippen LogP contribution < -0.4 is 5.73 Å². The van der Waals surface area contributed by atoms with Crippen LogP contribution in [0.1, 0.15) is 25.7 Å². The van der Waals surface area contributed by atoms with E-state index in [0.29, 0.717) is 0 Å². The smallest absolute Gasteiger partial charge is 0.404 e. The van der Waals surface area contributed by atoms with Gasteiger partial charge >= 0.3 is 6.09 Å². The molecular formula is C8H15NO3. The highest BCUT2D eigenvalue weighted by atomic mass is 16.5. The molecule has 2 atom stereocenters. The van der Waals surface area contributed by atoms with Gasteiger partial charge in [-0.15, -0.1) is 0 Å². The minimum absolute atomic E-state index is 0.0891. The molecule has 0 aliphatic heterocycles. The average molecular weight is 173 g/mol. The molecular weight excluding hydrogens is 158 g/mol. The van der Waals surface area contributed by atoms with E-state index in [1.807, 2.05) is 0 Å². The number of amides is 1. The third-order valence-electron chi connectivity index (χ3n) is 2.31. The Hall–Kier alpha value is -0.770. The van der Waals surface area contributed by atoms with Gasteiger partial charge in [0.15, 0.2) is 0 Å². The van der Waals surface area contributed by atoms with Gasteiger partial charge in [0.25, 0.3) is 0 Å². The highest BCUT2D eigenvalue weighted by molar-refractivity contribution is 5.64. The van der Waals surface area contributed by atoms with E-state index in [9.17, 15) is 9.90 Å². The number of aliphatic hydroxyl groups excluding tert-OH is 1. The zero-order valence-electron chi connectivity index (χ0n) is 7.03. The number of hydrogen-bond acceptors (Lipinski definition) is 3. The topological polar surface area (TPSA) is 72.6 Å². The largest absolute Gasteiger partial charge is 0.449 e. The molecule has 0 aromatic rings. The first-order valence-corrected chi connectivity index (χ1v) is 4.30. The summed E-state index contributed by atoms with van der Waals surface area (Å²) in [5, 5.41) is 9.45. The molecule has 1 saturated carbocycles. The first-order valence-electron chi connectivity index (χ1n) is 4.30. The van der Waals surface area contributed by atoms with Gasteiger partial charge in [-0.05, 0) is 12.8 Å². The molecule has 70 valence electrons. The first-order chi connectivity index (χ1) is 5.70. The van der Waals surface area contributed by atoms with Crippen LogP contribution in [0.4, 0.5) is 4.79 Å². The quantitative estimate of drug-likeness (QED) is 0.643. The zero-order valence-corrected chi connectivity index (χ0v) is 7.03. The van der Waals surface area contributed by atoms with Crippen molar-refractivity contribution in [3.63, 3.8) is 0 Å². The lowest BCUT2D eigenvalue weighted by molar-refractivity contribution is 0.0289. The van der Waals surface area contributed by atoms with Gasteiger partial charge in [0.1, 0.15) is 0 Å². The molecule has 2 unspecified atom stereocenters. The monoisotopic (exact) mass is 173 g/mol. The molecule has 1 aliphatic rings. The minimum Gasteiger partial charge on any atom is -0.449 e. The zero-order chi connectivity index (χ0) is 8.97. The highest BCUT2D eigenvalue weighted by Crippen LogP contribution is 2.24. The van der Waals surface area contributed by atoms with Crippen molar-refractivity contribution in [2.45, 2.75) is 31.8 Å². The molecule has 0 radical (unpaired) electrons. The van der Waals surface area contributed by atoms with Crippen LogP contribution in [0, 0.1) is 5.92 Å². The van der Waals surface area contributed by atoms with Gasteiger partial charge in [-0.25, -0.2) is 4.79 Å². The number of hydrogen-bond donors (Lipinski definition) is 2. The van der Waals surface area contributed by atoms with Gasteiger partial charge < -0.3 is 15.6 Å². The van der Waals surface area contributed by atoms with Crippen LogP contribution in [0.3, 0.4) is 0 Å². The fraction of sp³-hybridized carbons (Fsp3) is 0.875. The second-order valence-electron chi connectivity index (χ2n) is 3.24. The van der Waals surface area contributed by atoms with Gasteiger partial charge in [0, 0.05) is 5.92 Å². The lowest BCUT2D eigenvalue weighted by atomic mass is 9.87. The molecule has 1 amide bonds. The lowest BCUT2D eigenvalue weighted by Crippen LogP contribution is -2.30. The number of rotatable bonds is 2. The van der Waals surface area contributed by atoms with Crippen molar-refractivity contribution in [2.75, 3.05) is 6.61 Å². The molecule has 0 bridgehead atoms. The summed E-state index contributed by atoms with van der Waals surface area (Å²) in [5.74, 6) is 0.0891. The van der Waals surface area contributed by atoms with E-state index in [1.54, 1.807) is 0 Å². The van der Waals surface area contributed by atoms with Gasteiger partial charge in [0.05, 0.1) is 12.7 Å². The van der Waals surface area contributed by atoms with Crippen LogP contribution in [0.15, 0.2) is 0 Å². The molecule has 3 N–H and O–H groups in total. The minimum atomic E-state index is -0.757. The second-order valence-corrected chi connectivity index (χ2v) is 3.24. The number of ether oxygens (including phenoxy) is 1. The number of aliphatic hydroxyl groups is 1. The number of primary amides is 1. The number of nitrogens with two attached hydrogens (primary N) is 1. The summed E-state index contributed by atoms with van der Waals surface area (Å²) in [6.07, 6.45) is 2.82. The lowest BCUT2D eigenvalue weighted by Gasteiger charge is -2.26. The van der Waals surface area contributed by atoms with Crippen molar-refractivity contribution in [3.8, 4) is 0 Å². The molecule has 0 heterocycles. The Morgan fingerprint density at radius 3 is 2.75 bits per heavy atom. The summed E-state index contributed by atoms with van der Waals surface area (Å²) in [6, 6.07) is 0. The molecule has 1 aliphatic carbocycles. The van der Waals surface area contributed by atoms with Crippen molar-refractivity contribution < 1.29 is 14.6 Å². The Labute approximate surface area is 71.7 Å². The van der Waals surface area contributed by atoms with Gasteiger partial charge in [-0.3, -0.25) is 0 Å². The molecule has 0 saturated heterocycles. The van der Waals surface area contributed by atoms with Crippen molar-refractivity contribution in [1.82, 2.24) is 0 Å².